The molecular formula is C16H18FNO3. The molecule has 1 aliphatic heterocycles. The first kappa shape index (κ1) is 14.0. The average molecular weight is 291 g/mol. The maximum atomic E-state index is 14.0. The van der Waals surface area contributed by atoms with Gasteiger partial charge in [0.15, 0.2) is 0 Å². The maximum Gasteiger partial charge on any atom is 0.335 e. The molecule has 0 radical (unpaired) electrons. The molecule has 2 atom stereocenters. The monoisotopic (exact) mass is 291 g/mol. The molecule has 0 bridgehead atoms. The molecule has 1 saturated carbocycles. The summed E-state index contributed by atoms with van der Waals surface area (Å²) in [5.41, 5.74) is -0.169. The van der Waals surface area contributed by atoms with E-state index in [4.69, 9.17) is 5.11 Å². The Morgan fingerprint density at radius 2 is 1.76 bits per heavy atom. The SMILES string of the molecule is O=C(O)c1ccc(C(=O)N2CC3CCCCC3C2)c(F)c1. The highest BCUT2D eigenvalue weighted by molar-refractivity contribution is 5.96. The Morgan fingerprint density at radius 3 is 2.29 bits per heavy atom. The zero-order valence-corrected chi connectivity index (χ0v) is 11.7. The Labute approximate surface area is 122 Å². The number of carbonyl (C=O) groups excluding carboxylic acids is 1. The van der Waals surface area contributed by atoms with Crippen LogP contribution in [0.4, 0.5) is 4.39 Å². The molecule has 1 aromatic carbocycles. The molecule has 2 aliphatic rings. The smallest absolute Gasteiger partial charge is 0.335 e. The number of likely N-dealkylation sites (tertiary alicyclic amines) is 1. The number of carbonyl (C=O) groups is 2. The van der Waals surface area contributed by atoms with E-state index < -0.39 is 11.8 Å². The van der Waals surface area contributed by atoms with Gasteiger partial charge in [0.2, 0.25) is 0 Å². The molecule has 4 nitrogen and oxygen atoms in total. The Bertz CT molecular complexity index is 573. The summed E-state index contributed by atoms with van der Waals surface area (Å²) in [5, 5.41) is 8.83. The van der Waals surface area contributed by atoms with E-state index in [1.54, 1.807) is 4.90 Å². The molecule has 1 heterocycles. The number of hydrogen-bond donors (Lipinski definition) is 1. The van der Waals surface area contributed by atoms with Crippen molar-refractivity contribution in [1.82, 2.24) is 4.90 Å². The molecule has 3 rings (SSSR count). The van der Waals surface area contributed by atoms with Gasteiger partial charge in [-0.1, -0.05) is 12.8 Å². The molecular weight excluding hydrogens is 273 g/mol. The summed E-state index contributed by atoms with van der Waals surface area (Å²) < 4.78 is 14.0. The molecule has 1 aliphatic carbocycles. The number of amides is 1. The van der Waals surface area contributed by atoms with Crippen molar-refractivity contribution < 1.29 is 19.1 Å². The molecule has 112 valence electrons. The van der Waals surface area contributed by atoms with Gasteiger partial charge in [-0.2, -0.15) is 0 Å². The highest BCUT2D eigenvalue weighted by Gasteiger charge is 2.37. The number of rotatable bonds is 2. The Balaban J connectivity index is 1.78. The summed E-state index contributed by atoms with van der Waals surface area (Å²) in [4.78, 5) is 25.0. The second-order valence-corrected chi connectivity index (χ2v) is 6.01. The minimum Gasteiger partial charge on any atom is -0.478 e. The van der Waals surface area contributed by atoms with Crippen LogP contribution in [0.15, 0.2) is 18.2 Å². The predicted octanol–water partition coefficient (Wildman–Crippen LogP) is 2.79. The fourth-order valence-corrected chi connectivity index (χ4v) is 3.56. The standard InChI is InChI=1S/C16H18FNO3/c17-14-7-10(16(20)21)5-6-13(14)15(19)18-8-11-3-1-2-4-12(11)9-18/h5-7,11-12H,1-4,8-9H2,(H,20,21). The van der Waals surface area contributed by atoms with Crippen LogP contribution in [0, 0.1) is 17.7 Å². The molecule has 0 aromatic heterocycles. The van der Waals surface area contributed by atoms with E-state index >= 15 is 0 Å². The molecule has 1 aromatic rings. The highest BCUT2D eigenvalue weighted by atomic mass is 19.1. The molecule has 5 heteroatoms. The van der Waals surface area contributed by atoms with Crippen LogP contribution in [0.5, 0.6) is 0 Å². The van der Waals surface area contributed by atoms with E-state index in [1.807, 2.05) is 0 Å². The van der Waals surface area contributed by atoms with Crippen molar-refractivity contribution in [3.8, 4) is 0 Å². The number of carboxylic acids is 1. The summed E-state index contributed by atoms with van der Waals surface area (Å²) >= 11 is 0. The molecule has 0 spiro atoms. The van der Waals surface area contributed by atoms with Gasteiger partial charge in [0.05, 0.1) is 11.1 Å². The van der Waals surface area contributed by atoms with E-state index in [0.717, 1.165) is 18.9 Å². The van der Waals surface area contributed by atoms with Crippen molar-refractivity contribution in [3.05, 3.63) is 35.1 Å². The Hall–Kier alpha value is -1.91. The summed E-state index contributed by atoms with van der Waals surface area (Å²) in [7, 11) is 0. The highest BCUT2D eigenvalue weighted by Crippen LogP contribution is 2.36. The van der Waals surface area contributed by atoms with Crippen LogP contribution >= 0.6 is 0 Å². The van der Waals surface area contributed by atoms with Gasteiger partial charge >= 0.3 is 5.97 Å². The van der Waals surface area contributed by atoms with Gasteiger partial charge < -0.3 is 10.0 Å². The van der Waals surface area contributed by atoms with Crippen LogP contribution < -0.4 is 0 Å². The quantitative estimate of drug-likeness (QED) is 0.911. The molecule has 1 saturated heterocycles. The van der Waals surface area contributed by atoms with Crippen LogP contribution in [-0.4, -0.2) is 35.0 Å². The second kappa shape index (κ2) is 5.47. The number of benzene rings is 1. The van der Waals surface area contributed by atoms with Crippen molar-refractivity contribution in [2.75, 3.05) is 13.1 Å². The lowest BCUT2D eigenvalue weighted by atomic mass is 9.82. The summed E-state index contributed by atoms with van der Waals surface area (Å²) in [6.45, 7) is 1.40. The van der Waals surface area contributed by atoms with Gasteiger partial charge in [0, 0.05) is 13.1 Å². The van der Waals surface area contributed by atoms with Gasteiger partial charge in [0.25, 0.3) is 5.91 Å². The van der Waals surface area contributed by atoms with Crippen LogP contribution in [0.25, 0.3) is 0 Å². The first-order valence-electron chi connectivity index (χ1n) is 7.38. The minimum absolute atomic E-state index is 0.0290. The fraction of sp³-hybridized carbons (Fsp3) is 0.500. The van der Waals surface area contributed by atoms with Crippen molar-refractivity contribution >= 4 is 11.9 Å². The number of carboxylic acid groups (broad SMARTS) is 1. The van der Waals surface area contributed by atoms with Crippen LogP contribution in [-0.2, 0) is 0 Å². The lowest BCUT2D eigenvalue weighted by Gasteiger charge is -2.22. The summed E-state index contributed by atoms with van der Waals surface area (Å²) in [6.07, 6.45) is 4.72. The number of hydrogen-bond acceptors (Lipinski definition) is 2. The third-order valence-corrected chi connectivity index (χ3v) is 4.71. The fourth-order valence-electron chi connectivity index (χ4n) is 3.56. The zero-order valence-electron chi connectivity index (χ0n) is 11.7. The first-order valence-corrected chi connectivity index (χ1v) is 7.38. The lowest BCUT2D eigenvalue weighted by molar-refractivity contribution is 0.0693. The van der Waals surface area contributed by atoms with E-state index in [9.17, 15) is 14.0 Å². The van der Waals surface area contributed by atoms with Gasteiger partial charge in [-0.15, -0.1) is 0 Å². The minimum atomic E-state index is -1.19. The molecule has 21 heavy (non-hydrogen) atoms. The normalized spacial score (nSPS) is 24.7. The van der Waals surface area contributed by atoms with Gasteiger partial charge in [-0.05, 0) is 42.9 Å². The number of halogens is 1. The van der Waals surface area contributed by atoms with E-state index in [-0.39, 0.29) is 17.0 Å². The number of nitrogens with zero attached hydrogens (tertiary/aromatic N) is 1. The lowest BCUT2D eigenvalue weighted by Crippen LogP contribution is -2.29. The number of aromatic carboxylic acids is 1. The van der Waals surface area contributed by atoms with Crippen LogP contribution in [0.1, 0.15) is 46.4 Å². The molecule has 1 amide bonds. The van der Waals surface area contributed by atoms with Crippen molar-refractivity contribution in [1.29, 1.82) is 0 Å². The Kier molecular flexibility index (Phi) is 3.66. The second-order valence-electron chi connectivity index (χ2n) is 6.01. The maximum absolute atomic E-state index is 14.0. The third kappa shape index (κ3) is 2.64. The first-order chi connectivity index (χ1) is 10.1. The Morgan fingerprint density at radius 1 is 1.14 bits per heavy atom. The summed E-state index contributed by atoms with van der Waals surface area (Å²) in [6, 6.07) is 3.48. The topological polar surface area (TPSA) is 57.6 Å². The van der Waals surface area contributed by atoms with Crippen molar-refractivity contribution in [2.24, 2.45) is 11.8 Å². The van der Waals surface area contributed by atoms with Crippen molar-refractivity contribution in [2.45, 2.75) is 25.7 Å². The largest absolute Gasteiger partial charge is 0.478 e. The summed E-state index contributed by atoms with van der Waals surface area (Å²) in [5.74, 6) is -1.18. The van der Waals surface area contributed by atoms with Crippen LogP contribution in [0.3, 0.4) is 0 Å². The zero-order chi connectivity index (χ0) is 15.0. The van der Waals surface area contributed by atoms with Crippen molar-refractivity contribution in [3.63, 3.8) is 0 Å². The van der Waals surface area contributed by atoms with E-state index in [0.29, 0.717) is 24.9 Å². The van der Waals surface area contributed by atoms with E-state index in [1.165, 1.54) is 25.0 Å². The van der Waals surface area contributed by atoms with Crippen LogP contribution in [0.2, 0.25) is 0 Å². The predicted molar refractivity (Wildman–Crippen MR) is 74.7 cm³/mol. The van der Waals surface area contributed by atoms with Gasteiger partial charge in [-0.25, -0.2) is 9.18 Å². The van der Waals surface area contributed by atoms with Gasteiger partial charge in [0.1, 0.15) is 5.82 Å². The van der Waals surface area contributed by atoms with Gasteiger partial charge in [-0.3, -0.25) is 4.79 Å². The number of fused-ring (bicyclic) bond motifs is 1. The molecule has 2 fully saturated rings. The average Bonchev–Trinajstić information content (AvgIpc) is 2.90. The van der Waals surface area contributed by atoms with E-state index in [2.05, 4.69) is 0 Å². The third-order valence-electron chi connectivity index (χ3n) is 4.71. The molecule has 2 unspecified atom stereocenters. The molecule has 1 N–H and O–H groups in total.